The summed E-state index contributed by atoms with van der Waals surface area (Å²) < 4.78 is 11.3. The number of benzene rings is 2. The zero-order chi connectivity index (χ0) is 13.9. The topological polar surface area (TPSA) is 18.5 Å². The van der Waals surface area contributed by atoms with Crippen molar-refractivity contribution in [1.29, 1.82) is 0 Å². The van der Waals surface area contributed by atoms with Gasteiger partial charge in [0.05, 0.1) is 6.61 Å². The maximum absolute atomic E-state index is 5.75. The van der Waals surface area contributed by atoms with E-state index in [1.807, 2.05) is 61.5 Å². The molecule has 2 rings (SSSR count). The average Bonchev–Trinajstić information content (AvgIpc) is 2.50. The molecule has 0 unspecified atom stereocenters. The van der Waals surface area contributed by atoms with E-state index in [-0.39, 0.29) is 0 Å². The van der Waals surface area contributed by atoms with Gasteiger partial charge in [-0.1, -0.05) is 42.5 Å². The van der Waals surface area contributed by atoms with Gasteiger partial charge in [0.15, 0.2) is 11.5 Å². The highest BCUT2D eigenvalue weighted by atomic mass is 16.5. The second kappa shape index (κ2) is 8.81. The molecule has 0 aliphatic heterocycles. The predicted molar refractivity (Wildman–Crippen MR) is 79.6 cm³/mol. The van der Waals surface area contributed by atoms with Crippen molar-refractivity contribution in [3.8, 4) is 11.5 Å². The predicted octanol–water partition coefficient (Wildman–Crippen LogP) is 4.47. The van der Waals surface area contributed by atoms with Crippen LogP contribution in [0.1, 0.15) is 12.5 Å². The first-order valence-electron chi connectivity index (χ1n) is 6.28. The van der Waals surface area contributed by atoms with Crippen molar-refractivity contribution in [2.45, 2.75) is 13.5 Å². The summed E-state index contributed by atoms with van der Waals surface area (Å²) in [7, 11) is 0. The fourth-order valence-corrected chi connectivity index (χ4v) is 1.58. The lowest BCUT2D eigenvalue weighted by molar-refractivity contribution is 0.269. The van der Waals surface area contributed by atoms with Crippen LogP contribution in [0, 0.1) is 0 Å². The van der Waals surface area contributed by atoms with E-state index in [1.165, 1.54) is 0 Å². The summed E-state index contributed by atoms with van der Waals surface area (Å²) in [6.07, 6.45) is 0. The molecule has 0 saturated carbocycles. The van der Waals surface area contributed by atoms with Gasteiger partial charge in [0.1, 0.15) is 6.61 Å². The van der Waals surface area contributed by atoms with Gasteiger partial charge in [-0.05, 0) is 24.6 Å². The minimum atomic E-state index is 0.560. The Morgan fingerprint density at radius 2 is 1.32 bits per heavy atom. The maximum Gasteiger partial charge on any atom is 0.161 e. The lowest BCUT2D eigenvalue weighted by atomic mass is 10.2. The second-order valence-corrected chi connectivity index (χ2v) is 3.65. The van der Waals surface area contributed by atoms with E-state index in [0.29, 0.717) is 13.2 Å². The van der Waals surface area contributed by atoms with Gasteiger partial charge >= 0.3 is 0 Å². The molecule has 19 heavy (non-hydrogen) atoms. The molecule has 0 aliphatic carbocycles. The van der Waals surface area contributed by atoms with Crippen molar-refractivity contribution >= 4 is 0 Å². The minimum absolute atomic E-state index is 0.560. The van der Waals surface area contributed by atoms with Crippen molar-refractivity contribution in [2.75, 3.05) is 6.61 Å². The Bertz CT molecular complexity index is 466. The summed E-state index contributed by atoms with van der Waals surface area (Å²) in [5.41, 5.74) is 1.15. The SMILES string of the molecule is C=C.CCOc1ccccc1OCc1ccccc1. The molecule has 0 heterocycles. The molecule has 0 aromatic heterocycles. The van der Waals surface area contributed by atoms with Crippen molar-refractivity contribution < 1.29 is 9.47 Å². The van der Waals surface area contributed by atoms with Crippen LogP contribution in [0.25, 0.3) is 0 Å². The van der Waals surface area contributed by atoms with E-state index < -0.39 is 0 Å². The van der Waals surface area contributed by atoms with Crippen LogP contribution >= 0.6 is 0 Å². The Hall–Kier alpha value is -2.22. The Balaban J connectivity index is 0.000000861. The summed E-state index contributed by atoms with van der Waals surface area (Å²) in [5, 5.41) is 0. The summed E-state index contributed by atoms with van der Waals surface area (Å²) in [4.78, 5) is 0. The molecule has 0 spiro atoms. The van der Waals surface area contributed by atoms with Crippen LogP contribution in [-0.4, -0.2) is 6.61 Å². The first kappa shape index (κ1) is 14.8. The van der Waals surface area contributed by atoms with Gasteiger partial charge in [0.25, 0.3) is 0 Å². The van der Waals surface area contributed by atoms with Crippen LogP contribution in [-0.2, 0) is 6.61 Å². The van der Waals surface area contributed by atoms with Gasteiger partial charge in [-0.2, -0.15) is 0 Å². The van der Waals surface area contributed by atoms with Gasteiger partial charge in [0.2, 0.25) is 0 Å². The van der Waals surface area contributed by atoms with Gasteiger partial charge in [-0.25, -0.2) is 0 Å². The van der Waals surface area contributed by atoms with E-state index in [2.05, 4.69) is 13.2 Å². The molecule has 0 atom stereocenters. The number of hydrogen-bond donors (Lipinski definition) is 0. The Morgan fingerprint density at radius 1 is 0.789 bits per heavy atom. The molecule has 2 aromatic carbocycles. The van der Waals surface area contributed by atoms with Crippen LogP contribution in [0.5, 0.6) is 11.5 Å². The molecule has 0 N–H and O–H groups in total. The van der Waals surface area contributed by atoms with Gasteiger partial charge in [-0.3, -0.25) is 0 Å². The van der Waals surface area contributed by atoms with E-state index in [4.69, 9.17) is 9.47 Å². The standard InChI is InChI=1S/C15H16O2.C2H4/c1-2-16-14-10-6-7-11-15(14)17-12-13-8-4-3-5-9-13;1-2/h3-11H,2,12H2,1H3;1-2H2. The second-order valence-electron chi connectivity index (χ2n) is 3.65. The molecule has 0 radical (unpaired) electrons. The molecule has 2 nitrogen and oxygen atoms in total. The van der Waals surface area contributed by atoms with Crippen molar-refractivity contribution in [3.63, 3.8) is 0 Å². The highest BCUT2D eigenvalue weighted by Crippen LogP contribution is 2.27. The Kier molecular flexibility index (Phi) is 6.88. The fraction of sp³-hybridized carbons (Fsp3) is 0.176. The van der Waals surface area contributed by atoms with E-state index >= 15 is 0 Å². The number of rotatable bonds is 5. The first-order chi connectivity index (χ1) is 9.40. The lowest BCUT2D eigenvalue weighted by Gasteiger charge is -2.11. The fourth-order valence-electron chi connectivity index (χ4n) is 1.58. The highest BCUT2D eigenvalue weighted by Gasteiger charge is 2.03. The maximum atomic E-state index is 5.75. The zero-order valence-electron chi connectivity index (χ0n) is 11.3. The molecule has 100 valence electrons. The normalized spacial score (nSPS) is 9.11. The Labute approximate surface area is 115 Å². The highest BCUT2D eigenvalue weighted by molar-refractivity contribution is 5.39. The van der Waals surface area contributed by atoms with Gasteiger partial charge < -0.3 is 9.47 Å². The molecule has 0 aliphatic rings. The van der Waals surface area contributed by atoms with Crippen molar-refractivity contribution in [3.05, 3.63) is 73.3 Å². The summed E-state index contributed by atoms with van der Waals surface area (Å²) in [6, 6.07) is 17.8. The van der Waals surface area contributed by atoms with Crippen LogP contribution < -0.4 is 9.47 Å². The smallest absolute Gasteiger partial charge is 0.161 e. The van der Waals surface area contributed by atoms with Crippen LogP contribution in [0.4, 0.5) is 0 Å². The third-order valence-corrected chi connectivity index (χ3v) is 2.39. The molecule has 0 saturated heterocycles. The third-order valence-electron chi connectivity index (χ3n) is 2.39. The molecule has 0 amide bonds. The quantitative estimate of drug-likeness (QED) is 0.735. The molecule has 0 fully saturated rings. The third kappa shape index (κ3) is 4.88. The van der Waals surface area contributed by atoms with E-state index in [9.17, 15) is 0 Å². The lowest BCUT2D eigenvalue weighted by Crippen LogP contribution is -1.99. The number of para-hydroxylation sites is 2. The zero-order valence-corrected chi connectivity index (χ0v) is 11.3. The first-order valence-corrected chi connectivity index (χ1v) is 6.28. The number of ether oxygens (including phenoxy) is 2. The largest absolute Gasteiger partial charge is 0.490 e. The van der Waals surface area contributed by atoms with E-state index in [1.54, 1.807) is 0 Å². The average molecular weight is 256 g/mol. The monoisotopic (exact) mass is 256 g/mol. The van der Waals surface area contributed by atoms with E-state index in [0.717, 1.165) is 17.1 Å². The van der Waals surface area contributed by atoms with Crippen LogP contribution in [0.2, 0.25) is 0 Å². The van der Waals surface area contributed by atoms with Gasteiger partial charge in [0, 0.05) is 0 Å². The summed E-state index contributed by atoms with van der Waals surface area (Å²) in [5.74, 6) is 1.59. The van der Waals surface area contributed by atoms with Crippen LogP contribution in [0.3, 0.4) is 0 Å². The van der Waals surface area contributed by atoms with Gasteiger partial charge in [-0.15, -0.1) is 13.2 Å². The van der Waals surface area contributed by atoms with Crippen molar-refractivity contribution in [1.82, 2.24) is 0 Å². The molecule has 2 heteroatoms. The minimum Gasteiger partial charge on any atom is -0.490 e. The van der Waals surface area contributed by atoms with Crippen molar-refractivity contribution in [2.24, 2.45) is 0 Å². The summed E-state index contributed by atoms with van der Waals surface area (Å²) >= 11 is 0. The molecule has 0 bridgehead atoms. The molecular weight excluding hydrogens is 236 g/mol. The molecule has 2 aromatic rings. The molecular formula is C17H20O2. The summed E-state index contributed by atoms with van der Waals surface area (Å²) in [6.45, 7) is 9.17. The Morgan fingerprint density at radius 3 is 1.89 bits per heavy atom. The number of hydrogen-bond acceptors (Lipinski definition) is 2. The van der Waals surface area contributed by atoms with Crippen LogP contribution in [0.15, 0.2) is 67.8 Å².